The van der Waals surface area contributed by atoms with Gasteiger partial charge in [0.05, 0.1) is 0 Å². The van der Waals surface area contributed by atoms with E-state index in [1.807, 2.05) is 31.2 Å². The number of aromatic nitrogens is 2. The Bertz CT molecular complexity index is 1260. The van der Waals surface area contributed by atoms with Crippen LogP contribution in [0.15, 0.2) is 65.5 Å². The van der Waals surface area contributed by atoms with Crippen LogP contribution in [0.1, 0.15) is 40.3 Å². The van der Waals surface area contributed by atoms with E-state index in [2.05, 4.69) is 10.4 Å². The minimum atomic E-state index is -0.488. The van der Waals surface area contributed by atoms with Crippen molar-refractivity contribution in [2.45, 2.75) is 32.9 Å². The van der Waals surface area contributed by atoms with Crippen LogP contribution in [0.5, 0.6) is 0 Å². The predicted molar refractivity (Wildman–Crippen MR) is 120 cm³/mol. The van der Waals surface area contributed by atoms with Gasteiger partial charge in [-0.2, -0.15) is 5.10 Å². The van der Waals surface area contributed by atoms with Crippen LogP contribution in [-0.4, -0.2) is 33.4 Å². The number of ketones is 1. The number of hydrogen-bond acceptors (Lipinski definition) is 5. The number of hydrogen-bond donors (Lipinski definition) is 1. The molecule has 32 heavy (non-hydrogen) atoms. The predicted octanol–water partition coefficient (Wildman–Crippen LogP) is 2.68. The highest BCUT2D eigenvalue weighted by Gasteiger charge is 2.32. The minimum Gasteiger partial charge on any atom is -0.324 e. The molecule has 0 radical (unpaired) electrons. The van der Waals surface area contributed by atoms with E-state index < -0.39 is 11.5 Å². The van der Waals surface area contributed by atoms with E-state index in [9.17, 15) is 19.2 Å². The SMILES string of the molecule is CC(=O)c1ccc(NC(=O)Cn2nc(C(=O)N3c4ccccc4CC3C)ccc2=O)cc1. The third kappa shape index (κ3) is 4.20. The molecule has 2 amide bonds. The first-order valence-electron chi connectivity index (χ1n) is 10.2. The normalized spacial score (nSPS) is 14.7. The number of nitrogens with zero attached hydrogens (tertiary/aromatic N) is 3. The number of nitrogens with one attached hydrogen (secondary N) is 1. The first-order valence-corrected chi connectivity index (χ1v) is 10.2. The Hall–Kier alpha value is -4.07. The van der Waals surface area contributed by atoms with Crippen molar-refractivity contribution in [3.05, 3.63) is 87.8 Å². The number of carbonyl (C=O) groups excluding carboxylic acids is 3. The Morgan fingerprint density at radius 3 is 2.47 bits per heavy atom. The largest absolute Gasteiger partial charge is 0.324 e. The fourth-order valence-corrected chi connectivity index (χ4v) is 3.80. The fourth-order valence-electron chi connectivity index (χ4n) is 3.80. The Balaban J connectivity index is 1.51. The molecule has 8 nitrogen and oxygen atoms in total. The second kappa shape index (κ2) is 8.58. The Kier molecular flexibility index (Phi) is 5.68. The number of fused-ring (bicyclic) bond motifs is 1. The molecule has 1 N–H and O–H groups in total. The van der Waals surface area contributed by atoms with Gasteiger partial charge >= 0.3 is 0 Å². The zero-order valence-corrected chi connectivity index (χ0v) is 17.7. The maximum absolute atomic E-state index is 13.2. The van der Waals surface area contributed by atoms with Crippen LogP contribution in [0.25, 0.3) is 0 Å². The summed E-state index contributed by atoms with van der Waals surface area (Å²) in [6.45, 7) is 3.07. The number of rotatable bonds is 5. The van der Waals surface area contributed by atoms with Crippen molar-refractivity contribution >= 4 is 29.0 Å². The van der Waals surface area contributed by atoms with Gasteiger partial charge in [0.1, 0.15) is 12.2 Å². The van der Waals surface area contributed by atoms with E-state index in [0.717, 1.165) is 22.4 Å². The first-order chi connectivity index (χ1) is 15.3. The molecule has 2 aromatic carbocycles. The average molecular weight is 430 g/mol. The molecule has 0 aliphatic carbocycles. The molecular weight excluding hydrogens is 408 g/mol. The van der Waals surface area contributed by atoms with E-state index in [1.165, 1.54) is 19.1 Å². The fraction of sp³-hybridized carbons (Fsp3) is 0.208. The van der Waals surface area contributed by atoms with Crippen LogP contribution >= 0.6 is 0 Å². The Labute approximate surface area is 184 Å². The summed E-state index contributed by atoms with van der Waals surface area (Å²) >= 11 is 0. The molecule has 1 unspecified atom stereocenters. The number of amides is 2. The van der Waals surface area contributed by atoms with Gasteiger partial charge in [0, 0.05) is 29.0 Å². The third-order valence-electron chi connectivity index (χ3n) is 5.38. The summed E-state index contributed by atoms with van der Waals surface area (Å²) in [5.74, 6) is -0.869. The molecule has 1 aliphatic heterocycles. The lowest BCUT2D eigenvalue weighted by molar-refractivity contribution is -0.117. The van der Waals surface area contributed by atoms with Crippen molar-refractivity contribution in [1.82, 2.24) is 9.78 Å². The van der Waals surface area contributed by atoms with Gasteiger partial charge in [0.15, 0.2) is 5.78 Å². The van der Waals surface area contributed by atoms with Gasteiger partial charge in [-0.25, -0.2) is 4.68 Å². The molecule has 1 atom stereocenters. The smallest absolute Gasteiger partial charge is 0.278 e. The van der Waals surface area contributed by atoms with Crippen molar-refractivity contribution in [2.75, 3.05) is 10.2 Å². The highest BCUT2D eigenvalue weighted by atomic mass is 16.2. The maximum Gasteiger partial charge on any atom is 0.278 e. The van der Waals surface area contributed by atoms with Crippen LogP contribution in [0, 0.1) is 0 Å². The molecule has 1 aliphatic rings. The zero-order chi connectivity index (χ0) is 22.8. The van der Waals surface area contributed by atoms with Gasteiger partial charge in [-0.05, 0) is 62.2 Å². The van der Waals surface area contributed by atoms with Crippen molar-refractivity contribution in [1.29, 1.82) is 0 Å². The molecule has 1 aromatic heterocycles. The monoisotopic (exact) mass is 430 g/mol. The summed E-state index contributed by atoms with van der Waals surface area (Å²) < 4.78 is 0.971. The van der Waals surface area contributed by atoms with Crippen LogP contribution in [0.2, 0.25) is 0 Å². The number of anilines is 2. The minimum absolute atomic E-state index is 0.0386. The third-order valence-corrected chi connectivity index (χ3v) is 5.38. The lowest BCUT2D eigenvalue weighted by Gasteiger charge is -2.22. The first kappa shape index (κ1) is 21.2. The number of para-hydroxylation sites is 1. The van der Waals surface area contributed by atoms with E-state index in [1.54, 1.807) is 29.2 Å². The standard InChI is InChI=1S/C24H22N4O4/c1-15-13-18-5-3-4-6-21(18)28(15)24(32)20-11-12-23(31)27(26-20)14-22(30)25-19-9-7-17(8-10-19)16(2)29/h3-12,15H,13-14H2,1-2H3,(H,25,30). The lowest BCUT2D eigenvalue weighted by Crippen LogP contribution is -2.38. The second-order valence-electron chi connectivity index (χ2n) is 7.75. The second-order valence-corrected chi connectivity index (χ2v) is 7.75. The summed E-state index contributed by atoms with van der Waals surface area (Å²) in [5, 5.41) is 6.81. The van der Waals surface area contributed by atoms with Gasteiger partial charge < -0.3 is 10.2 Å². The van der Waals surface area contributed by atoms with Crippen molar-refractivity contribution in [2.24, 2.45) is 0 Å². The topological polar surface area (TPSA) is 101 Å². The molecule has 3 aromatic rings. The quantitative estimate of drug-likeness (QED) is 0.627. The Morgan fingerprint density at radius 2 is 1.75 bits per heavy atom. The molecule has 0 fully saturated rings. The van der Waals surface area contributed by atoms with Crippen molar-refractivity contribution in [3.63, 3.8) is 0 Å². The molecule has 0 saturated carbocycles. The summed E-state index contributed by atoms with van der Waals surface area (Å²) in [6.07, 6.45) is 0.742. The molecule has 4 rings (SSSR count). The van der Waals surface area contributed by atoms with Crippen LogP contribution in [-0.2, 0) is 17.8 Å². The summed E-state index contributed by atoms with van der Waals surface area (Å²) in [4.78, 5) is 50.9. The van der Waals surface area contributed by atoms with Gasteiger partial charge in [-0.1, -0.05) is 18.2 Å². The highest BCUT2D eigenvalue weighted by molar-refractivity contribution is 6.06. The van der Waals surface area contributed by atoms with Crippen molar-refractivity contribution < 1.29 is 14.4 Å². The summed E-state index contributed by atoms with van der Waals surface area (Å²) in [7, 11) is 0. The summed E-state index contributed by atoms with van der Waals surface area (Å²) in [6, 6.07) is 16.7. The van der Waals surface area contributed by atoms with E-state index in [4.69, 9.17) is 0 Å². The van der Waals surface area contributed by atoms with Crippen LogP contribution < -0.4 is 15.8 Å². The number of carbonyl (C=O) groups is 3. The van der Waals surface area contributed by atoms with Gasteiger partial charge in [-0.15, -0.1) is 0 Å². The van der Waals surface area contributed by atoms with E-state index in [-0.39, 0.29) is 30.0 Å². The van der Waals surface area contributed by atoms with E-state index >= 15 is 0 Å². The van der Waals surface area contributed by atoms with Crippen LogP contribution in [0.4, 0.5) is 11.4 Å². The van der Waals surface area contributed by atoms with Gasteiger partial charge in [0.2, 0.25) is 5.91 Å². The van der Waals surface area contributed by atoms with E-state index in [0.29, 0.717) is 11.3 Å². The molecule has 8 heteroatoms. The van der Waals surface area contributed by atoms with Crippen molar-refractivity contribution in [3.8, 4) is 0 Å². The highest BCUT2D eigenvalue weighted by Crippen LogP contribution is 2.32. The average Bonchev–Trinajstić information content (AvgIpc) is 3.10. The number of Topliss-reactive ketones (excluding diaryl/α,β-unsaturated/α-hetero) is 1. The Morgan fingerprint density at radius 1 is 1.03 bits per heavy atom. The molecule has 0 bridgehead atoms. The molecule has 2 heterocycles. The maximum atomic E-state index is 13.2. The zero-order valence-electron chi connectivity index (χ0n) is 17.7. The molecule has 0 saturated heterocycles. The summed E-state index contributed by atoms with van der Waals surface area (Å²) in [5.41, 5.74) is 2.53. The number of benzene rings is 2. The van der Waals surface area contributed by atoms with Crippen LogP contribution in [0.3, 0.4) is 0 Å². The lowest BCUT2D eigenvalue weighted by atomic mass is 10.1. The van der Waals surface area contributed by atoms with Gasteiger partial charge in [0.25, 0.3) is 11.5 Å². The molecular formula is C24H22N4O4. The van der Waals surface area contributed by atoms with Gasteiger partial charge in [-0.3, -0.25) is 19.2 Å². The molecule has 0 spiro atoms. The molecule has 162 valence electrons.